The molecule has 0 bridgehead atoms. The Morgan fingerprint density at radius 3 is 2.21 bits per heavy atom. The summed E-state index contributed by atoms with van der Waals surface area (Å²) in [5.41, 5.74) is 5.99. The second kappa shape index (κ2) is 6.11. The van der Waals surface area contributed by atoms with Crippen LogP contribution in [0.15, 0.2) is 23.1 Å². The zero-order valence-corrected chi connectivity index (χ0v) is 12.4. The van der Waals surface area contributed by atoms with Gasteiger partial charge in [-0.3, -0.25) is 0 Å². The molecule has 2 rings (SSSR count). The molecular formula is C13H19ClN2O2S. The van der Waals surface area contributed by atoms with Gasteiger partial charge in [0.2, 0.25) is 10.0 Å². The first-order chi connectivity index (χ1) is 9.01. The van der Waals surface area contributed by atoms with Gasteiger partial charge >= 0.3 is 0 Å². The maximum Gasteiger partial charge on any atom is 0.243 e. The summed E-state index contributed by atoms with van der Waals surface area (Å²) in [6, 6.07) is 4.50. The highest BCUT2D eigenvalue weighted by Gasteiger charge is 2.24. The van der Waals surface area contributed by atoms with Gasteiger partial charge in [0.25, 0.3) is 0 Å². The van der Waals surface area contributed by atoms with Crippen LogP contribution in [-0.4, -0.2) is 25.8 Å². The highest BCUT2D eigenvalue weighted by atomic mass is 35.5. The van der Waals surface area contributed by atoms with E-state index in [0.717, 1.165) is 25.7 Å². The highest BCUT2D eigenvalue weighted by molar-refractivity contribution is 7.89. The summed E-state index contributed by atoms with van der Waals surface area (Å²) < 4.78 is 26.7. The molecule has 4 nitrogen and oxygen atoms in total. The Kier molecular flexibility index (Phi) is 4.71. The molecule has 1 heterocycles. The van der Waals surface area contributed by atoms with Crippen molar-refractivity contribution >= 4 is 27.3 Å². The van der Waals surface area contributed by atoms with Crippen molar-refractivity contribution in [1.82, 2.24) is 4.31 Å². The van der Waals surface area contributed by atoms with E-state index in [1.807, 2.05) is 0 Å². The molecule has 2 N–H and O–H groups in total. The predicted molar refractivity (Wildman–Crippen MR) is 77.7 cm³/mol. The van der Waals surface area contributed by atoms with Crippen LogP contribution in [0, 0.1) is 0 Å². The largest absolute Gasteiger partial charge is 0.397 e. The minimum atomic E-state index is -3.45. The van der Waals surface area contributed by atoms with E-state index in [1.165, 1.54) is 24.6 Å². The highest BCUT2D eigenvalue weighted by Crippen LogP contribution is 2.25. The molecule has 1 fully saturated rings. The first kappa shape index (κ1) is 14.6. The molecule has 106 valence electrons. The number of nitrogens with zero attached hydrogens (tertiary/aromatic N) is 1. The molecule has 6 heteroatoms. The molecule has 0 aromatic heterocycles. The number of hydrogen-bond acceptors (Lipinski definition) is 3. The molecule has 0 spiro atoms. The van der Waals surface area contributed by atoms with Crippen molar-refractivity contribution in [3.8, 4) is 0 Å². The van der Waals surface area contributed by atoms with E-state index in [9.17, 15) is 8.42 Å². The topological polar surface area (TPSA) is 63.4 Å². The van der Waals surface area contributed by atoms with E-state index < -0.39 is 10.0 Å². The summed E-state index contributed by atoms with van der Waals surface area (Å²) >= 11 is 5.83. The Labute approximate surface area is 119 Å². The Bertz CT molecular complexity index is 538. The summed E-state index contributed by atoms with van der Waals surface area (Å²) in [7, 11) is -3.45. The minimum absolute atomic E-state index is 0.231. The summed E-state index contributed by atoms with van der Waals surface area (Å²) in [6.07, 6.45) is 5.22. The fourth-order valence-electron chi connectivity index (χ4n) is 2.29. The van der Waals surface area contributed by atoms with Gasteiger partial charge in [0.05, 0.1) is 15.6 Å². The lowest BCUT2D eigenvalue weighted by Gasteiger charge is -2.24. The fourth-order valence-corrected chi connectivity index (χ4v) is 3.96. The molecule has 0 amide bonds. The van der Waals surface area contributed by atoms with Crippen LogP contribution in [0.2, 0.25) is 5.02 Å². The second-order valence-corrected chi connectivity index (χ2v) is 7.20. The molecule has 0 saturated carbocycles. The van der Waals surface area contributed by atoms with Crippen molar-refractivity contribution in [1.29, 1.82) is 0 Å². The lowest BCUT2D eigenvalue weighted by atomic mass is 10.1. The minimum Gasteiger partial charge on any atom is -0.397 e. The molecule has 1 aromatic rings. The van der Waals surface area contributed by atoms with E-state index >= 15 is 0 Å². The standard InChI is InChI=1S/C13H19ClN2O2S/c14-12-7-6-11(10-13(12)15)19(17,18)16-8-4-2-1-3-5-9-16/h6-7,10H,1-5,8-9,15H2. The van der Waals surface area contributed by atoms with Gasteiger partial charge in [0.1, 0.15) is 0 Å². The summed E-state index contributed by atoms with van der Waals surface area (Å²) in [4.78, 5) is 0.231. The van der Waals surface area contributed by atoms with E-state index in [0.29, 0.717) is 23.8 Å². The zero-order valence-electron chi connectivity index (χ0n) is 10.8. The average Bonchev–Trinajstić information content (AvgIpc) is 2.31. The molecule has 1 aliphatic rings. The SMILES string of the molecule is Nc1cc(S(=O)(=O)N2CCCCCCC2)ccc1Cl. The van der Waals surface area contributed by atoms with E-state index in [-0.39, 0.29) is 4.90 Å². The number of sulfonamides is 1. The molecule has 0 atom stereocenters. The molecule has 0 radical (unpaired) electrons. The molecule has 1 aromatic carbocycles. The zero-order chi connectivity index (χ0) is 13.9. The third kappa shape index (κ3) is 3.41. The monoisotopic (exact) mass is 302 g/mol. The number of benzene rings is 1. The van der Waals surface area contributed by atoms with Gasteiger partial charge in [-0.15, -0.1) is 0 Å². The number of halogens is 1. The van der Waals surface area contributed by atoms with Crippen LogP contribution in [0.3, 0.4) is 0 Å². The van der Waals surface area contributed by atoms with Gasteiger partial charge in [-0.2, -0.15) is 4.31 Å². The van der Waals surface area contributed by atoms with Crippen molar-refractivity contribution in [2.75, 3.05) is 18.8 Å². The van der Waals surface area contributed by atoms with E-state index in [1.54, 1.807) is 4.31 Å². The third-order valence-electron chi connectivity index (χ3n) is 3.42. The van der Waals surface area contributed by atoms with Crippen LogP contribution in [0.5, 0.6) is 0 Å². The summed E-state index contributed by atoms with van der Waals surface area (Å²) in [5.74, 6) is 0. The van der Waals surface area contributed by atoms with Gasteiger partial charge in [-0.1, -0.05) is 30.9 Å². The number of hydrogen-bond donors (Lipinski definition) is 1. The van der Waals surface area contributed by atoms with Crippen molar-refractivity contribution in [3.63, 3.8) is 0 Å². The van der Waals surface area contributed by atoms with Crippen LogP contribution in [0.4, 0.5) is 5.69 Å². The normalized spacial score (nSPS) is 18.8. The van der Waals surface area contributed by atoms with E-state index in [2.05, 4.69) is 0 Å². The lowest BCUT2D eigenvalue weighted by Crippen LogP contribution is -2.33. The second-order valence-electron chi connectivity index (χ2n) is 4.86. The lowest BCUT2D eigenvalue weighted by molar-refractivity contribution is 0.364. The first-order valence-electron chi connectivity index (χ1n) is 6.57. The summed E-state index contributed by atoms with van der Waals surface area (Å²) in [5, 5.41) is 0.381. The molecule has 19 heavy (non-hydrogen) atoms. The van der Waals surface area contributed by atoms with Crippen LogP contribution in [0.25, 0.3) is 0 Å². The molecule has 0 unspecified atom stereocenters. The maximum absolute atomic E-state index is 12.5. The third-order valence-corrected chi connectivity index (χ3v) is 5.66. The van der Waals surface area contributed by atoms with Gasteiger partial charge in [-0.05, 0) is 31.0 Å². The Morgan fingerprint density at radius 1 is 1.05 bits per heavy atom. The van der Waals surface area contributed by atoms with Crippen LogP contribution < -0.4 is 5.73 Å². The van der Waals surface area contributed by atoms with Crippen molar-refractivity contribution in [3.05, 3.63) is 23.2 Å². The number of anilines is 1. The predicted octanol–water partition coefficient (Wildman–Crippen LogP) is 2.88. The van der Waals surface area contributed by atoms with Crippen molar-refractivity contribution < 1.29 is 8.42 Å². The Hall–Kier alpha value is -0.780. The quantitative estimate of drug-likeness (QED) is 0.854. The molecule has 1 saturated heterocycles. The first-order valence-corrected chi connectivity index (χ1v) is 8.39. The molecule has 0 aliphatic carbocycles. The number of nitrogen functional groups attached to an aromatic ring is 1. The Morgan fingerprint density at radius 2 is 1.63 bits per heavy atom. The molecular weight excluding hydrogens is 284 g/mol. The van der Waals surface area contributed by atoms with Gasteiger partial charge < -0.3 is 5.73 Å². The Balaban J connectivity index is 2.26. The summed E-state index contributed by atoms with van der Waals surface area (Å²) in [6.45, 7) is 1.18. The number of rotatable bonds is 2. The van der Waals surface area contributed by atoms with Crippen LogP contribution in [0.1, 0.15) is 32.1 Å². The van der Waals surface area contributed by atoms with Crippen molar-refractivity contribution in [2.45, 2.75) is 37.0 Å². The van der Waals surface area contributed by atoms with Crippen molar-refractivity contribution in [2.24, 2.45) is 0 Å². The molecule has 1 aliphatic heterocycles. The van der Waals surface area contributed by atoms with Crippen LogP contribution in [-0.2, 0) is 10.0 Å². The smallest absolute Gasteiger partial charge is 0.243 e. The van der Waals surface area contributed by atoms with Gasteiger partial charge in [0.15, 0.2) is 0 Å². The van der Waals surface area contributed by atoms with Crippen LogP contribution >= 0.6 is 11.6 Å². The van der Waals surface area contributed by atoms with Gasteiger partial charge in [0, 0.05) is 13.1 Å². The fraction of sp³-hybridized carbons (Fsp3) is 0.538. The maximum atomic E-state index is 12.5. The average molecular weight is 303 g/mol. The van der Waals surface area contributed by atoms with E-state index in [4.69, 9.17) is 17.3 Å². The number of nitrogens with two attached hydrogens (primary N) is 1. The van der Waals surface area contributed by atoms with Gasteiger partial charge in [-0.25, -0.2) is 8.42 Å².